The Bertz CT molecular complexity index is 1080. The molecule has 33 heavy (non-hydrogen) atoms. The highest BCUT2D eigenvalue weighted by atomic mass is 16.5. The molecule has 0 bridgehead atoms. The number of imidazole rings is 1. The number of amides is 1. The van der Waals surface area contributed by atoms with Crippen molar-refractivity contribution in [2.75, 3.05) is 19.5 Å². The number of hydrogen-bond acceptors (Lipinski definition) is 6. The second kappa shape index (κ2) is 10.4. The predicted octanol–water partition coefficient (Wildman–Crippen LogP) is 3.74. The minimum atomic E-state index is -0.228. The number of ether oxygens (including phenoxy) is 2. The predicted molar refractivity (Wildman–Crippen MR) is 127 cm³/mol. The number of rotatable bonds is 8. The summed E-state index contributed by atoms with van der Waals surface area (Å²) in [6.07, 6.45) is 6.49. The molecule has 0 spiro atoms. The van der Waals surface area contributed by atoms with Crippen molar-refractivity contribution in [1.29, 1.82) is 0 Å². The average molecular weight is 451 g/mol. The van der Waals surface area contributed by atoms with E-state index in [4.69, 9.17) is 9.47 Å². The van der Waals surface area contributed by atoms with Crippen LogP contribution in [-0.4, -0.2) is 47.3 Å². The van der Waals surface area contributed by atoms with Gasteiger partial charge in [-0.3, -0.25) is 4.79 Å². The fourth-order valence-electron chi connectivity index (χ4n) is 4.14. The van der Waals surface area contributed by atoms with E-state index in [0.717, 1.165) is 42.5 Å². The summed E-state index contributed by atoms with van der Waals surface area (Å²) in [7, 11) is 3.18. The number of aromatic amines is 1. The molecule has 4 rings (SSSR count). The summed E-state index contributed by atoms with van der Waals surface area (Å²) in [5, 5.41) is 16.3. The van der Waals surface area contributed by atoms with E-state index >= 15 is 0 Å². The third-order valence-electron chi connectivity index (χ3n) is 5.99. The van der Waals surface area contributed by atoms with Crippen LogP contribution in [0.4, 0.5) is 5.69 Å². The second-order valence-electron chi connectivity index (χ2n) is 8.22. The topological polar surface area (TPSA) is 108 Å². The van der Waals surface area contributed by atoms with Crippen LogP contribution in [-0.2, 0) is 6.54 Å². The molecule has 4 N–H and O–H groups in total. The van der Waals surface area contributed by atoms with Crippen molar-refractivity contribution < 1.29 is 19.4 Å². The van der Waals surface area contributed by atoms with Gasteiger partial charge in [-0.25, -0.2) is 4.98 Å². The van der Waals surface area contributed by atoms with Gasteiger partial charge in [0, 0.05) is 36.2 Å². The fourth-order valence-corrected chi connectivity index (χ4v) is 4.14. The molecule has 174 valence electrons. The van der Waals surface area contributed by atoms with E-state index in [0.29, 0.717) is 29.4 Å². The third kappa shape index (κ3) is 5.46. The highest BCUT2D eigenvalue weighted by Gasteiger charge is 2.22. The molecular formula is C25H30N4O4. The molecule has 0 saturated heterocycles. The van der Waals surface area contributed by atoms with E-state index in [1.54, 1.807) is 26.6 Å². The number of carbonyl (C=O) groups is 1. The number of carbonyl (C=O) groups excluding carboxylic acids is 1. The molecule has 2 aromatic carbocycles. The smallest absolute Gasteiger partial charge is 0.253 e. The average Bonchev–Trinajstić information content (AvgIpc) is 3.39. The lowest BCUT2D eigenvalue weighted by molar-refractivity contribution is 0.0951. The number of H-pyrrole nitrogens is 1. The maximum absolute atomic E-state index is 13.3. The van der Waals surface area contributed by atoms with Crippen LogP contribution in [0.1, 0.15) is 41.6 Å². The first-order valence-corrected chi connectivity index (χ1v) is 11.1. The van der Waals surface area contributed by atoms with Gasteiger partial charge >= 0.3 is 0 Å². The van der Waals surface area contributed by atoms with Crippen LogP contribution >= 0.6 is 0 Å². The zero-order chi connectivity index (χ0) is 23.2. The monoisotopic (exact) mass is 450 g/mol. The quantitative estimate of drug-likeness (QED) is 0.416. The Morgan fingerprint density at radius 2 is 1.88 bits per heavy atom. The number of aliphatic hydroxyl groups is 1. The SMILES string of the molecule is COc1ccc(CNC(=O)c2cc(-c3ncc[nH]3)ccc2N[C@H]2CC[C@H](O)CC2)cc1OC. The van der Waals surface area contributed by atoms with Gasteiger partial charge in [0.25, 0.3) is 5.91 Å². The zero-order valence-corrected chi connectivity index (χ0v) is 18.9. The van der Waals surface area contributed by atoms with Gasteiger partial charge in [0.15, 0.2) is 11.5 Å². The van der Waals surface area contributed by atoms with Crippen LogP contribution in [0.15, 0.2) is 48.8 Å². The number of nitrogens with zero attached hydrogens (tertiary/aromatic N) is 1. The molecule has 1 aromatic heterocycles. The van der Waals surface area contributed by atoms with Crippen LogP contribution in [0, 0.1) is 0 Å². The van der Waals surface area contributed by atoms with E-state index in [-0.39, 0.29) is 18.1 Å². The number of aromatic nitrogens is 2. The van der Waals surface area contributed by atoms with Gasteiger partial charge in [-0.1, -0.05) is 6.07 Å². The lowest BCUT2D eigenvalue weighted by Gasteiger charge is -2.28. The Morgan fingerprint density at radius 1 is 1.09 bits per heavy atom. The Balaban J connectivity index is 1.54. The van der Waals surface area contributed by atoms with Crippen LogP contribution in [0.2, 0.25) is 0 Å². The van der Waals surface area contributed by atoms with Gasteiger partial charge in [-0.2, -0.15) is 0 Å². The number of nitrogens with one attached hydrogen (secondary N) is 3. The van der Waals surface area contributed by atoms with E-state index in [2.05, 4.69) is 20.6 Å². The minimum absolute atomic E-state index is 0.184. The van der Waals surface area contributed by atoms with Gasteiger partial charge < -0.3 is 30.2 Å². The number of methoxy groups -OCH3 is 2. The fraction of sp³-hybridized carbons (Fsp3) is 0.360. The van der Waals surface area contributed by atoms with Gasteiger partial charge in [0.05, 0.1) is 25.9 Å². The molecule has 1 aliphatic rings. The standard InChI is InChI=1S/C25H30N4O4/c1-32-22-10-3-16(13-23(22)33-2)15-28-25(31)20-14-17(24-26-11-12-27-24)4-9-21(20)29-18-5-7-19(30)8-6-18/h3-4,9-14,18-19,29-30H,5-8,15H2,1-2H3,(H,26,27)(H,28,31)/t18-,19-. The maximum atomic E-state index is 13.3. The van der Waals surface area contributed by atoms with E-state index in [9.17, 15) is 9.90 Å². The second-order valence-corrected chi connectivity index (χ2v) is 8.22. The number of benzene rings is 2. The Labute approximate surface area is 193 Å². The molecular weight excluding hydrogens is 420 g/mol. The van der Waals surface area contributed by atoms with Crippen molar-refractivity contribution in [2.45, 2.75) is 44.4 Å². The summed E-state index contributed by atoms with van der Waals surface area (Å²) in [6, 6.07) is 11.5. The first kappa shape index (κ1) is 22.7. The highest BCUT2D eigenvalue weighted by Crippen LogP contribution is 2.29. The van der Waals surface area contributed by atoms with E-state index in [1.807, 2.05) is 36.4 Å². The molecule has 1 heterocycles. The van der Waals surface area contributed by atoms with Crippen molar-refractivity contribution in [3.05, 3.63) is 59.9 Å². The number of hydrogen-bond donors (Lipinski definition) is 4. The molecule has 1 saturated carbocycles. The summed E-state index contributed by atoms with van der Waals surface area (Å²) >= 11 is 0. The highest BCUT2D eigenvalue weighted by molar-refractivity contribution is 6.00. The van der Waals surface area contributed by atoms with E-state index < -0.39 is 0 Å². The summed E-state index contributed by atoms with van der Waals surface area (Å²) in [5.41, 5.74) is 3.06. The summed E-state index contributed by atoms with van der Waals surface area (Å²) in [4.78, 5) is 20.7. The molecule has 0 radical (unpaired) electrons. The molecule has 0 unspecified atom stereocenters. The largest absolute Gasteiger partial charge is 0.493 e. The molecule has 8 nitrogen and oxygen atoms in total. The normalized spacial score (nSPS) is 17.9. The molecule has 1 amide bonds. The maximum Gasteiger partial charge on any atom is 0.253 e. The molecule has 3 aromatic rings. The summed E-state index contributed by atoms with van der Waals surface area (Å²) in [6.45, 7) is 0.346. The third-order valence-corrected chi connectivity index (χ3v) is 5.99. The van der Waals surface area contributed by atoms with Gasteiger partial charge in [-0.15, -0.1) is 0 Å². The number of anilines is 1. The minimum Gasteiger partial charge on any atom is -0.493 e. The van der Waals surface area contributed by atoms with Crippen LogP contribution in [0.25, 0.3) is 11.4 Å². The Hall–Kier alpha value is -3.52. The van der Waals surface area contributed by atoms with Crippen molar-refractivity contribution in [1.82, 2.24) is 15.3 Å². The summed E-state index contributed by atoms with van der Waals surface area (Å²) < 4.78 is 10.6. The lowest BCUT2D eigenvalue weighted by atomic mass is 9.92. The molecule has 0 atom stereocenters. The van der Waals surface area contributed by atoms with Crippen molar-refractivity contribution in [3.8, 4) is 22.9 Å². The number of aliphatic hydroxyl groups excluding tert-OH is 1. The molecule has 0 aliphatic heterocycles. The molecule has 1 fully saturated rings. The molecule has 1 aliphatic carbocycles. The van der Waals surface area contributed by atoms with Gasteiger partial charge in [0.2, 0.25) is 0 Å². The van der Waals surface area contributed by atoms with E-state index in [1.165, 1.54) is 0 Å². The van der Waals surface area contributed by atoms with Crippen molar-refractivity contribution in [3.63, 3.8) is 0 Å². The van der Waals surface area contributed by atoms with Gasteiger partial charge in [0.1, 0.15) is 5.82 Å². The summed E-state index contributed by atoms with van der Waals surface area (Å²) in [5.74, 6) is 1.78. The van der Waals surface area contributed by atoms with Crippen LogP contribution < -0.4 is 20.1 Å². The van der Waals surface area contributed by atoms with Gasteiger partial charge in [-0.05, 0) is 61.6 Å². The Morgan fingerprint density at radius 3 is 2.58 bits per heavy atom. The molecule has 8 heteroatoms. The van der Waals surface area contributed by atoms with Crippen molar-refractivity contribution >= 4 is 11.6 Å². The first-order valence-electron chi connectivity index (χ1n) is 11.1. The zero-order valence-electron chi connectivity index (χ0n) is 18.9. The first-order chi connectivity index (χ1) is 16.1. The lowest BCUT2D eigenvalue weighted by Crippen LogP contribution is -2.30. The Kier molecular flexibility index (Phi) is 7.14. The van der Waals surface area contributed by atoms with Crippen LogP contribution in [0.3, 0.4) is 0 Å². The van der Waals surface area contributed by atoms with Crippen molar-refractivity contribution in [2.24, 2.45) is 0 Å². The van der Waals surface area contributed by atoms with Crippen LogP contribution in [0.5, 0.6) is 11.5 Å².